The minimum atomic E-state index is -3.64. The molecule has 6 heteroatoms. The van der Waals surface area contributed by atoms with Gasteiger partial charge in [-0.25, -0.2) is 13.1 Å². The van der Waals surface area contributed by atoms with Gasteiger partial charge in [-0.2, -0.15) is 0 Å². The molecule has 29 heavy (non-hydrogen) atoms. The Morgan fingerprint density at radius 1 is 1.10 bits per heavy atom. The zero-order valence-corrected chi connectivity index (χ0v) is 18.8. The predicted molar refractivity (Wildman–Crippen MR) is 118 cm³/mol. The summed E-state index contributed by atoms with van der Waals surface area (Å²) in [5, 5.41) is 0. The molecule has 1 N–H and O–H groups in total. The molecule has 5 nitrogen and oxygen atoms in total. The summed E-state index contributed by atoms with van der Waals surface area (Å²) in [6, 6.07) is 11.2. The van der Waals surface area contributed by atoms with E-state index in [0.717, 1.165) is 24.2 Å². The zero-order valence-electron chi connectivity index (χ0n) is 18.0. The monoisotopic (exact) mass is 416 g/mol. The second-order valence-electron chi connectivity index (χ2n) is 8.14. The summed E-state index contributed by atoms with van der Waals surface area (Å²) in [5.74, 6) is 1.41. The number of rotatable bonds is 6. The van der Waals surface area contributed by atoms with Crippen molar-refractivity contribution in [3.63, 3.8) is 0 Å². The fourth-order valence-electron chi connectivity index (χ4n) is 4.05. The number of nitrogens with one attached hydrogen (secondary N) is 1. The van der Waals surface area contributed by atoms with Gasteiger partial charge in [0.15, 0.2) is 0 Å². The highest BCUT2D eigenvalue weighted by atomic mass is 32.2. The van der Waals surface area contributed by atoms with E-state index in [-0.39, 0.29) is 6.04 Å². The van der Waals surface area contributed by atoms with Gasteiger partial charge in [0.05, 0.1) is 12.0 Å². The van der Waals surface area contributed by atoms with Crippen molar-refractivity contribution < 1.29 is 13.2 Å². The lowest BCUT2D eigenvalue weighted by Crippen LogP contribution is -2.34. The van der Waals surface area contributed by atoms with Gasteiger partial charge < -0.3 is 9.64 Å². The van der Waals surface area contributed by atoms with Crippen molar-refractivity contribution in [2.45, 2.75) is 51.5 Å². The fraction of sp³-hybridized carbons (Fsp3) is 0.478. The number of hydrogen-bond acceptors (Lipinski definition) is 4. The molecular weight excluding hydrogens is 384 g/mol. The van der Waals surface area contributed by atoms with Crippen molar-refractivity contribution in [3.05, 3.63) is 53.1 Å². The van der Waals surface area contributed by atoms with E-state index in [1.807, 2.05) is 32.9 Å². The lowest BCUT2D eigenvalue weighted by atomic mass is 9.99. The van der Waals surface area contributed by atoms with Crippen LogP contribution < -0.4 is 14.4 Å². The first kappa shape index (κ1) is 21.7. The summed E-state index contributed by atoms with van der Waals surface area (Å²) >= 11 is 0. The van der Waals surface area contributed by atoms with Gasteiger partial charge in [0, 0.05) is 24.8 Å². The third kappa shape index (κ3) is 4.75. The molecule has 0 bridgehead atoms. The molecule has 0 unspecified atom stereocenters. The van der Waals surface area contributed by atoms with Crippen molar-refractivity contribution in [3.8, 4) is 5.75 Å². The molecule has 0 aliphatic carbocycles. The third-order valence-corrected chi connectivity index (χ3v) is 7.63. The van der Waals surface area contributed by atoms with Crippen LogP contribution in [0.25, 0.3) is 0 Å². The SMILES string of the molecule is COc1ccc(S(=O)(=O)N[C@H](C)c2ccc(N3CCC[C@H](C)C3)cc2)c(C)c1C. The molecule has 2 aromatic rings. The molecule has 3 rings (SSSR count). The average molecular weight is 417 g/mol. The van der Waals surface area contributed by atoms with E-state index < -0.39 is 10.0 Å². The van der Waals surface area contributed by atoms with Crippen LogP contribution in [0.2, 0.25) is 0 Å². The van der Waals surface area contributed by atoms with Gasteiger partial charge in [0.1, 0.15) is 5.75 Å². The predicted octanol–water partition coefficient (Wildman–Crippen LogP) is 4.59. The number of nitrogens with zero attached hydrogens (tertiary/aromatic N) is 1. The number of hydrogen-bond donors (Lipinski definition) is 1. The Labute approximate surface area is 175 Å². The molecule has 0 saturated carbocycles. The first-order valence-corrected chi connectivity index (χ1v) is 11.7. The van der Waals surface area contributed by atoms with Gasteiger partial charge in [0.25, 0.3) is 0 Å². The number of anilines is 1. The third-order valence-electron chi connectivity index (χ3n) is 5.94. The standard InChI is InChI=1S/C23H32N2O3S/c1-16-7-6-14-25(15-16)21-10-8-20(9-11-21)19(4)24-29(26,27)23-13-12-22(28-5)17(2)18(23)3/h8-13,16,19,24H,6-7,14-15H2,1-5H3/t16-,19+/m0/s1. The number of methoxy groups -OCH3 is 1. The van der Waals surface area contributed by atoms with Crippen molar-refractivity contribution in [2.24, 2.45) is 5.92 Å². The molecule has 1 aliphatic heterocycles. The van der Waals surface area contributed by atoms with Gasteiger partial charge in [-0.05, 0) is 80.5 Å². The molecular formula is C23H32N2O3S. The Morgan fingerprint density at radius 3 is 2.41 bits per heavy atom. The molecule has 1 heterocycles. The van der Waals surface area contributed by atoms with E-state index in [1.54, 1.807) is 19.2 Å². The molecule has 0 amide bonds. The van der Waals surface area contributed by atoms with Crippen LogP contribution in [0.1, 0.15) is 49.4 Å². The molecule has 1 fully saturated rings. The maximum atomic E-state index is 13.0. The minimum absolute atomic E-state index is 0.293. The van der Waals surface area contributed by atoms with Crippen LogP contribution in [0.5, 0.6) is 5.75 Å². The van der Waals surface area contributed by atoms with Gasteiger partial charge in [-0.1, -0.05) is 19.1 Å². The lowest BCUT2D eigenvalue weighted by Gasteiger charge is -2.33. The summed E-state index contributed by atoms with van der Waals surface area (Å²) in [5.41, 5.74) is 3.70. The molecule has 1 saturated heterocycles. The normalized spacial score (nSPS) is 18.5. The number of sulfonamides is 1. The van der Waals surface area contributed by atoms with E-state index >= 15 is 0 Å². The highest BCUT2D eigenvalue weighted by Gasteiger charge is 2.23. The molecule has 0 aromatic heterocycles. The van der Waals surface area contributed by atoms with Gasteiger partial charge in [0.2, 0.25) is 10.0 Å². The zero-order chi connectivity index (χ0) is 21.2. The summed E-state index contributed by atoms with van der Waals surface area (Å²) in [7, 11) is -2.05. The van der Waals surface area contributed by atoms with Crippen LogP contribution in [-0.2, 0) is 10.0 Å². The van der Waals surface area contributed by atoms with Crippen molar-refractivity contribution in [1.82, 2.24) is 4.72 Å². The van der Waals surface area contributed by atoms with E-state index in [4.69, 9.17) is 4.74 Å². The highest BCUT2D eigenvalue weighted by molar-refractivity contribution is 7.89. The first-order chi connectivity index (χ1) is 13.7. The summed E-state index contributed by atoms with van der Waals surface area (Å²) in [4.78, 5) is 2.71. The molecule has 2 atom stereocenters. The van der Waals surface area contributed by atoms with Crippen molar-refractivity contribution in [1.29, 1.82) is 0 Å². The second kappa shape index (κ2) is 8.76. The van der Waals surface area contributed by atoms with E-state index in [9.17, 15) is 8.42 Å². The fourth-order valence-corrected chi connectivity index (χ4v) is 5.58. The number of ether oxygens (including phenoxy) is 1. The Morgan fingerprint density at radius 2 is 1.79 bits per heavy atom. The lowest BCUT2D eigenvalue weighted by molar-refractivity contribution is 0.410. The van der Waals surface area contributed by atoms with E-state index in [2.05, 4.69) is 28.7 Å². The Kier molecular flexibility index (Phi) is 6.54. The van der Waals surface area contributed by atoms with Crippen LogP contribution in [-0.4, -0.2) is 28.6 Å². The molecule has 158 valence electrons. The van der Waals surface area contributed by atoms with Gasteiger partial charge in [-0.15, -0.1) is 0 Å². The largest absolute Gasteiger partial charge is 0.496 e. The molecule has 0 spiro atoms. The van der Waals surface area contributed by atoms with Gasteiger partial charge in [-0.3, -0.25) is 0 Å². The topological polar surface area (TPSA) is 58.6 Å². The quantitative estimate of drug-likeness (QED) is 0.748. The number of benzene rings is 2. The number of piperidine rings is 1. The van der Waals surface area contributed by atoms with Crippen LogP contribution in [0.3, 0.4) is 0 Å². The van der Waals surface area contributed by atoms with Crippen LogP contribution >= 0.6 is 0 Å². The molecule has 0 radical (unpaired) electrons. The molecule has 2 aromatic carbocycles. The Bertz CT molecular complexity index is 955. The van der Waals surface area contributed by atoms with Crippen molar-refractivity contribution >= 4 is 15.7 Å². The maximum absolute atomic E-state index is 13.0. The van der Waals surface area contributed by atoms with Crippen LogP contribution in [0, 0.1) is 19.8 Å². The smallest absolute Gasteiger partial charge is 0.241 e. The minimum Gasteiger partial charge on any atom is -0.496 e. The van der Waals surface area contributed by atoms with Crippen LogP contribution in [0.15, 0.2) is 41.3 Å². The van der Waals surface area contributed by atoms with E-state index in [1.165, 1.54) is 18.5 Å². The summed E-state index contributed by atoms with van der Waals surface area (Å²) in [6.45, 7) is 10.0. The average Bonchev–Trinajstić information content (AvgIpc) is 2.69. The van der Waals surface area contributed by atoms with Gasteiger partial charge >= 0.3 is 0 Å². The summed E-state index contributed by atoms with van der Waals surface area (Å²) < 4.78 is 34.1. The second-order valence-corrected chi connectivity index (χ2v) is 9.83. The Hall–Kier alpha value is -2.05. The highest BCUT2D eigenvalue weighted by Crippen LogP contribution is 2.29. The van der Waals surface area contributed by atoms with Crippen molar-refractivity contribution in [2.75, 3.05) is 25.1 Å². The first-order valence-electron chi connectivity index (χ1n) is 10.2. The molecule has 1 aliphatic rings. The van der Waals surface area contributed by atoms with E-state index in [0.29, 0.717) is 22.1 Å². The Balaban J connectivity index is 1.75. The van der Waals surface area contributed by atoms with Crippen LogP contribution in [0.4, 0.5) is 5.69 Å². The maximum Gasteiger partial charge on any atom is 0.241 e. The summed E-state index contributed by atoms with van der Waals surface area (Å²) in [6.07, 6.45) is 2.51.